The third-order valence-corrected chi connectivity index (χ3v) is 2.96. The SMILES string of the molecule is CC(I)C(=O)OCCC1CCCCN1. The van der Waals surface area contributed by atoms with Gasteiger partial charge < -0.3 is 10.1 Å². The maximum atomic E-state index is 11.1. The standard InChI is InChI=1S/C10H18INO2/c1-8(11)10(13)14-7-5-9-4-2-3-6-12-9/h8-9,12H,2-7H2,1H3. The first-order chi connectivity index (χ1) is 6.70. The molecule has 0 amide bonds. The van der Waals surface area contributed by atoms with Crippen molar-refractivity contribution >= 4 is 28.6 Å². The number of carbonyl (C=O) groups is 1. The van der Waals surface area contributed by atoms with Crippen LogP contribution in [0, 0.1) is 0 Å². The van der Waals surface area contributed by atoms with Crippen LogP contribution in [0.25, 0.3) is 0 Å². The molecular formula is C10H18INO2. The number of esters is 1. The van der Waals surface area contributed by atoms with Crippen molar-refractivity contribution in [1.82, 2.24) is 5.32 Å². The third kappa shape index (κ3) is 4.59. The summed E-state index contributed by atoms with van der Waals surface area (Å²) in [5.74, 6) is -0.0959. The minimum absolute atomic E-state index is 0.0353. The Morgan fingerprint density at radius 1 is 1.64 bits per heavy atom. The highest BCUT2D eigenvalue weighted by atomic mass is 127. The molecule has 1 rings (SSSR count). The van der Waals surface area contributed by atoms with Gasteiger partial charge in [-0.2, -0.15) is 0 Å². The van der Waals surface area contributed by atoms with Crippen molar-refractivity contribution in [3.05, 3.63) is 0 Å². The van der Waals surface area contributed by atoms with Crippen molar-refractivity contribution in [2.24, 2.45) is 0 Å². The minimum atomic E-state index is -0.0959. The van der Waals surface area contributed by atoms with E-state index >= 15 is 0 Å². The van der Waals surface area contributed by atoms with Gasteiger partial charge in [0.05, 0.1) is 6.61 Å². The molecule has 0 aromatic heterocycles. The van der Waals surface area contributed by atoms with Crippen LogP contribution in [0.3, 0.4) is 0 Å². The molecule has 4 heteroatoms. The zero-order valence-corrected chi connectivity index (χ0v) is 10.7. The molecule has 1 heterocycles. The highest BCUT2D eigenvalue weighted by Gasteiger charge is 2.14. The van der Waals surface area contributed by atoms with Crippen LogP contribution < -0.4 is 5.32 Å². The Balaban J connectivity index is 2.05. The van der Waals surface area contributed by atoms with E-state index in [-0.39, 0.29) is 9.89 Å². The van der Waals surface area contributed by atoms with E-state index in [4.69, 9.17) is 4.74 Å². The van der Waals surface area contributed by atoms with Gasteiger partial charge in [0.2, 0.25) is 0 Å². The number of hydrogen-bond acceptors (Lipinski definition) is 3. The molecule has 0 aromatic rings. The van der Waals surface area contributed by atoms with Crippen LogP contribution in [-0.2, 0) is 9.53 Å². The lowest BCUT2D eigenvalue weighted by Crippen LogP contribution is -2.35. The van der Waals surface area contributed by atoms with E-state index in [0.29, 0.717) is 12.6 Å². The van der Waals surface area contributed by atoms with E-state index in [0.717, 1.165) is 13.0 Å². The number of halogens is 1. The molecule has 3 nitrogen and oxygen atoms in total. The quantitative estimate of drug-likeness (QED) is 0.489. The molecule has 0 saturated carbocycles. The summed E-state index contributed by atoms with van der Waals surface area (Å²) in [5, 5.41) is 3.43. The van der Waals surface area contributed by atoms with Crippen molar-refractivity contribution in [2.45, 2.75) is 42.6 Å². The van der Waals surface area contributed by atoms with E-state index < -0.39 is 0 Å². The minimum Gasteiger partial charge on any atom is -0.465 e. The number of piperidine rings is 1. The van der Waals surface area contributed by atoms with E-state index in [1.54, 1.807) is 0 Å². The molecule has 2 atom stereocenters. The van der Waals surface area contributed by atoms with Crippen molar-refractivity contribution in [3.63, 3.8) is 0 Å². The van der Waals surface area contributed by atoms with Crippen molar-refractivity contribution in [3.8, 4) is 0 Å². The van der Waals surface area contributed by atoms with Crippen LogP contribution in [0.2, 0.25) is 0 Å². The van der Waals surface area contributed by atoms with Gasteiger partial charge in [0.25, 0.3) is 0 Å². The van der Waals surface area contributed by atoms with Crippen molar-refractivity contribution < 1.29 is 9.53 Å². The van der Waals surface area contributed by atoms with Crippen molar-refractivity contribution in [2.75, 3.05) is 13.2 Å². The van der Waals surface area contributed by atoms with Gasteiger partial charge in [-0.15, -0.1) is 0 Å². The lowest BCUT2D eigenvalue weighted by molar-refractivity contribution is -0.142. The van der Waals surface area contributed by atoms with Gasteiger partial charge in [-0.1, -0.05) is 29.0 Å². The fourth-order valence-corrected chi connectivity index (χ4v) is 1.77. The Morgan fingerprint density at radius 3 is 3.00 bits per heavy atom. The van der Waals surface area contributed by atoms with Crippen LogP contribution in [-0.4, -0.2) is 29.1 Å². The average Bonchev–Trinajstić information content (AvgIpc) is 2.19. The predicted octanol–water partition coefficient (Wildman–Crippen LogP) is 1.89. The second-order valence-electron chi connectivity index (χ2n) is 3.72. The van der Waals surface area contributed by atoms with Crippen LogP contribution in [0.5, 0.6) is 0 Å². The molecule has 1 saturated heterocycles. The van der Waals surface area contributed by atoms with Gasteiger partial charge in [-0.25, -0.2) is 0 Å². The highest BCUT2D eigenvalue weighted by molar-refractivity contribution is 14.1. The summed E-state index contributed by atoms with van der Waals surface area (Å²) in [4.78, 5) is 11.1. The summed E-state index contributed by atoms with van der Waals surface area (Å²) in [6.45, 7) is 3.52. The number of nitrogens with one attached hydrogen (secondary N) is 1. The maximum Gasteiger partial charge on any atom is 0.318 e. The lowest BCUT2D eigenvalue weighted by atomic mass is 10.0. The average molecular weight is 311 g/mol. The molecule has 14 heavy (non-hydrogen) atoms. The topological polar surface area (TPSA) is 38.3 Å². The van der Waals surface area contributed by atoms with Gasteiger partial charge in [0, 0.05) is 6.04 Å². The second kappa shape index (κ2) is 6.61. The van der Waals surface area contributed by atoms with Gasteiger partial charge in [-0.05, 0) is 32.7 Å². The van der Waals surface area contributed by atoms with Crippen LogP contribution in [0.4, 0.5) is 0 Å². The first-order valence-corrected chi connectivity index (χ1v) is 6.49. The molecule has 2 unspecified atom stereocenters. The number of ether oxygens (including phenoxy) is 1. The van der Waals surface area contributed by atoms with Gasteiger partial charge in [-0.3, -0.25) is 4.79 Å². The first kappa shape index (κ1) is 12.2. The van der Waals surface area contributed by atoms with Crippen LogP contribution in [0.15, 0.2) is 0 Å². The maximum absolute atomic E-state index is 11.1. The Kier molecular flexibility index (Phi) is 5.77. The summed E-state index contributed by atoms with van der Waals surface area (Å²) in [6, 6.07) is 0.557. The smallest absolute Gasteiger partial charge is 0.318 e. The number of carbonyl (C=O) groups excluding carboxylic acids is 1. The molecule has 0 radical (unpaired) electrons. The largest absolute Gasteiger partial charge is 0.465 e. The first-order valence-electron chi connectivity index (χ1n) is 5.24. The molecular weight excluding hydrogens is 293 g/mol. The van der Waals surface area contributed by atoms with Gasteiger partial charge >= 0.3 is 5.97 Å². The molecule has 0 spiro atoms. The van der Waals surface area contributed by atoms with E-state index in [1.165, 1.54) is 19.3 Å². The Morgan fingerprint density at radius 2 is 2.43 bits per heavy atom. The fraction of sp³-hybridized carbons (Fsp3) is 0.900. The normalized spacial score (nSPS) is 24.3. The van der Waals surface area contributed by atoms with Crippen LogP contribution in [0.1, 0.15) is 32.6 Å². The van der Waals surface area contributed by atoms with E-state index in [2.05, 4.69) is 27.9 Å². The molecule has 1 aliphatic rings. The fourth-order valence-electron chi connectivity index (χ4n) is 1.59. The number of rotatable bonds is 4. The predicted molar refractivity (Wildman–Crippen MR) is 64.7 cm³/mol. The molecule has 0 aromatic carbocycles. The number of alkyl halides is 1. The Hall–Kier alpha value is 0.160. The van der Waals surface area contributed by atoms with Gasteiger partial charge in [0.15, 0.2) is 0 Å². The van der Waals surface area contributed by atoms with Gasteiger partial charge in [0.1, 0.15) is 3.92 Å². The highest BCUT2D eigenvalue weighted by Crippen LogP contribution is 2.10. The Bertz CT molecular complexity index is 179. The zero-order chi connectivity index (χ0) is 10.4. The zero-order valence-electron chi connectivity index (χ0n) is 8.59. The molecule has 1 aliphatic heterocycles. The number of hydrogen-bond donors (Lipinski definition) is 1. The summed E-state index contributed by atoms with van der Waals surface area (Å²) in [7, 11) is 0. The molecule has 1 fully saturated rings. The molecule has 82 valence electrons. The summed E-state index contributed by atoms with van der Waals surface area (Å²) < 4.78 is 5.08. The molecule has 0 bridgehead atoms. The summed E-state index contributed by atoms with van der Waals surface area (Å²) in [6.07, 6.45) is 4.75. The second-order valence-corrected chi connectivity index (χ2v) is 5.59. The van der Waals surface area contributed by atoms with E-state index in [1.807, 2.05) is 6.92 Å². The third-order valence-electron chi connectivity index (χ3n) is 2.45. The van der Waals surface area contributed by atoms with Crippen molar-refractivity contribution in [1.29, 1.82) is 0 Å². The molecule has 1 N–H and O–H groups in total. The molecule has 0 aliphatic carbocycles. The van der Waals surface area contributed by atoms with E-state index in [9.17, 15) is 4.79 Å². The van der Waals surface area contributed by atoms with Crippen LogP contribution >= 0.6 is 22.6 Å². The summed E-state index contributed by atoms with van der Waals surface area (Å²) >= 11 is 2.07. The summed E-state index contributed by atoms with van der Waals surface area (Å²) in [5.41, 5.74) is 0. The Labute approximate surface area is 99.1 Å². The monoisotopic (exact) mass is 311 g/mol. The lowest BCUT2D eigenvalue weighted by Gasteiger charge is -2.23.